The van der Waals surface area contributed by atoms with E-state index in [0.717, 1.165) is 16.2 Å². The quantitative estimate of drug-likeness (QED) is 0.363. The first-order valence-electron chi connectivity index (χ1n) is 12.6. The van der Waals surface area contributed by atoms with Crippen molar-refractivity contribution >= 4 is 49.9 Å². The van der Waals surface area contributed by atoms with E-state index in [2.05, 4.69) is 6.07 Å². The number of anilines is 1. The van der Waals surface area contributed by atoms with Gasteiger partial charge in [-0.05, 0) is 49.9 Å². The Morgan fingerprint density at radius 1 is 1.13 bits per heavy atom. The van der Waals surface area contributed by atoms with Crippen LogP contribution in [0.3, 0.4) is 0 Å². The van der Waals surface area contributed by atoms with Crippen molar-refractivity contribution in [1.29, 1.82) is 5.26 Å². The van der Waals surface area contributed by atoms with Crippen LogP contribution in [0.15, 0.2) is 63.8 Å². The van der Waals surface area contributed by atoms with Gasteiger partial charge in [-0.25, -0.2) is 9.69 Å². The Morgan fingerprint density at radius 3 is 2.67 bits per heavy atom. The SMILES string of the molecule is C[C@@]1(O)[C@@H]2C(=O)N(c3ccc(C#N)c4ccccc34)C(=O)[C@@H]2C(CCOc2ccc3sc(=O)oc3c2)C[C@@H]1O. The molecule has 3 aromatic carbocycles. The van der Waals surface area contributed by atoms with Crippen LogP contribution in [0.4, 0.5) is 5.69 Å². The standard InChI is InChI=1S/C29H24N2O7S/c1-29(36)23(32)12-15(10-11-37-17-7-9-22-21(13-17)38-28(35)39-22)24-25(29)27(34)31(26(24)33)20-8-6-16(14-30)18-4-2-3-5-19(18)20/h2-9,13,15,23-25,32,36H,10-12H2,1H3/t15?,23-,24+,25-,29-/m0/s1. The average Bonchev–Trinajstić information content (AvgIpc) is 3.42. The number of imide groups is 1. The molecule has 9 nitrogen and oxygen atoms in total. The van der Waals surface area contributed by atoms with Gasteiger partial charge < -0.3 is 19.4 Å². The molecule has 39 heavy (non-hydrogen) atoms. The zero-order valence-electron chi connectivity index (χ0n) is 20.9. The third kappa shape index (κ3) is 4.01. The predicted octanol–water partition coefficient (Wildman–Crippen LogP) is 3.59. The van der Waals surface area contributed by atoms with Crippen LogP contribution in [-0.4, -0.2) is 40.3 Å². The molecule has 5 atom stereocenters. The highest BCUT2D eigenvalue weighted by Crippen LogP contribution is 2.50. The fourth-order valence-corrected chi connectivity index (χ4v) is 6.69. The van der Waals surface area contributed by atoms with Crippen LogP contribution in [-0.2, 0) is 9.59 Å². The smallest absolute Gasteiger partial charge is 0.396 e. The van der Waals surface area contributed by atoms with Gasteiger partial charge in [-0.1, -0.05) is 35.6 Å². The van der Waals surface area contributed by atoms with Crippen molar-refractivity contribution in [3.63, 3.8) is 0 Å². The average molecular weight is 545 g/mol. The lowest BCUT2D eigenvalue weighted by Gasteiger charge is -2.44. The van der Waals surface area contributed by atoms with Crippen LogP contribution in [0.25, 0.3) is 21.1 Å². The van der Waals surface area contributed by atoms with Crippen LogP contribution in [0.1, 0.15) is 25.3 Å². The fraction of sp³-hybridized carbons (Fsp3) is 0.310. The Balaban J connectivity index is 1.30. The molecule has 1 saturated heterocycles. The number of fused-ring (bicyclic) bond motifs is 3. The molecule has 2 N–H and O–H groups in total. The highest BCUT2D eigenvalue weighted by Gasteiger charge is 2.63. The van der Waals surface area contributed by atoms with Crippen LogP contribution in [0, 0.1) is 29.1 Å². The molecule has 2 aliphatic rings. The van der Waals surface area contributed by atoms with Gasteiger partial charge >= 0.3 is 4.94 Å². The highest BCUT2D eigenvalue weighted by molar-refractivity contribution is 7.16. The molecule has 1 aromatic heterocycles. The van der Waals surface area contributed by atoms with Gasteiger partial charge in [0.25, 0.3) is 0 Å². The Hall–Kier alpha value is -4.04. The first-order chi connectivity index (χ1) is 18.7. The summed E-state index contributed by atoms with van der Waals surface area (Å²) in [6, 6.07) is 17.4. The summed E-state index contributed by atoms with van der Waals surface area (Å²) in [6.07, 6.45) is -0.743. The van der Waals surface area contributed by atoms with E-state index >= 15 is 0 Å². The molecule has 2 heterocycles. The summed E-state index contributed by atoms with van der Waals surface area (Å²) < 4.78 is 11.7. The summed E-state index contributed by atoms with van der Waals surface area (Å²) in [7, 11) is 0. The van der Waals surface area contributed by atoms with Gasteiger partial charge in [-0.2, -0.15) is 5.26 Å². The maximum absolute atomic E-state index is 13.9. The molecule has 6 rings (SSSR count). The minimum absolute atomic E-state index is 0.122. The molecular weight excluding hydrogens is 520 g/mol. The molecule has 1 aliphatic heterocycles. The fourth-order valence-electron chi connectivity index (χ4n) is 6.04. The van der Waals surface area contributed by atoms with Gasteiger partial charge in [0.05, 0.1) is 46.6 Å². The second-order valence-electron chi connectivity index (χ2n) is 10.2. The van der Waals surface area contributed by atoms with E-state index in [1.54, 1.807) is 54.6 Å². The molecule has 198 valence electrons. The Kier molecular flexibility index (Phi) is 6.03. The van der Waals surface area contributed by atoms with Gasteiger partial charge in [-0.15, -0.1) is 0 Å². The normalized spacial score (nSPS) is 26.7. The van der Waals surface area contributed by atoms with E-state index in [1.165, 1.54) is 6.92 Å². The number of aliphatic hydroxyl groups excluding tert-OH is 1. The second-order valence-corrected chi connectivity index (χ2v) is 11.2. The van der Waals surface area contributed by atoms with E-state index in [-0.39, 0.29) is 13.0 Å². The molecule has 2 amide bonds. The number of carbonyl (C=O) groups excluding carboxylic acids is 2. The third-order valence-corrected chi connectivity index (χ3v) is 8.82. The molecule has 10 heteroatoms. The van der Waals surface area contributed by atoms with Gasteiger partial charge in [0.2, 0.25) is 11.8 Å². The van der Waals surface area contributed by atoms with Crippen molar-refractivity contribution < 1.29 is 29.0 Å². The number of amides is 2. The van der Waals surface area contributed by atoms with E-state index in [0.29, 0.717) is 44.5 Å². The molecule has 1 saturated carbocycles. The third-order valence-electron chi connectivity index (χ3n) is 8.01. The molecule has 1 aliphatic carbocycles. The molecule has 4 aromatic rings. The van der Waals surface area contributed by atoms with Gasteiger partial charge in [0.15, 0.2) is 5.58 Å². The molecule has 0 bridgehead atoms. The number of rotatable bonds is 5. The Labute approximate surface area is 226 Å². The van der Waals surface area contributed by atoms with Crippen molar-refractivity contribution in [2.45, 2.75) is 31.5 Å². The van der Waals surface area contributed by atoms with Gasteiger partial charge in [0.1, 0.15) is 11.4 Å². The summed E-state index contributed by atoms with van der Waals surface area (Å²) in [6.45, 7) is 1.58. The predicted molar refractivity (Wildman–Crippen MR) is 143 cm³/mol. The first kappa shape index (κ1) is 25.2. The summed E-state index contributed by atoms with van der Waals surface area (Å²) >= 11 is 1.000. The van der Waals surface area contributed by atoms with Crippen LogP contribution < -0.4 is 14.6 Å². The maximum Gasteiger partial charge on any atom is 0.396 e. The summed E-state index contributed by atoms with van der Waals surface area (Å²) in [5, 5.41) is 32.8. The van der Waals surface area contributed by atoms with E-state index in [9.17, 15) is 29.9 Å². The lowest BCUT2D eigenvalue weighted by Crippen LogP contribution is -2.57. The molecule has 2 fully saturated rings. The lowest BCUT2D eigenvalue weighted by atomic mass is 9.63. The van der Waals surface area contributed by atoms with E-state index in [4.69, 9.17) is 9.15 Å². The Bertz CT molecular complexity index is 1730. The minimum Gasteiger partial charge on any atom is -0.493 e. The van der Waals surface area contributed by atoms with Crippen molar-refractivity contribution in [1.82, 2.24) is 0 Å². The monoisotopic (exact) mass is 544 g/mol. The number of nitriles is 1. The van der Waals surface area contributed by atoms with Crippen molar-refractivity contribution in [2.24, 2.45) is 17.8 Å². The molecule has 0 spiro atoms. The molecule has 0 radical (unpaired) electrons. The topological polar surface area (TPSA) is 141 Å². The number of hydrogen-bond donors (Lipinski definition) is 2. The minimum atomic E-state index is -1.80. The zero-order chi connectivity index (χ0) is 27.5. The highest BCUT2D eigenvalue weighted by atomic mass is 32.1. The van der Waals surface area contributed by atoms with Crippen molar-refractivity contribution in [2.75, 3.05) is 11.5 Å². The van der Waals surface area contributed by atoms with E-state index in [1.807, 2.05) is 0 Å². The number of aliphatic hydroxyl groups is 2. The maximum atomic E-state index is 13.9. The number of ether oxygens (including phenoxy) is 1. The number of carbonyl (C=O) groups is 2. The van der Waals surface area contributed by atoms with Crippen molar-refractivity contribution in [3.8, 4) is 11.8 Å². The van der Waals surface area contributed by atoms with Crippen LogP contribution in [0.2, 0.25) is 0 Å². The lowest BCUT2D eigenvalue weighted by molar-refractivity contribution is -0.167. The molecule has 1 unspecified atom stereocenters. The molecular formula is C29H24N2O7S. The second kappa shape index (κ2) is 9.31. The van der Waals surface area contributed by atoms with Crippen LogP contribution in [0.5, 0.6) is 5.75 Å². The number of nitrogens with zero attached hydrogens (tertiary/aromatic N) is 2. The number of hydrogen-bond acceptors (Lipinski definition) is 9. The summed E-state index contributed by atoms with van der Waals surface area (Å²) in [5.41, 5.74) is -0.607. The van der Waals surface area contributed by atoms with E-state index < -0.39 is 46.2 Å². The zero-order valence-corrected chi connectivity index (χ0v) is 21.7. The Morgan fingerprint density at radius 2 is 1.90 bits per heavy atom. The largest absolute Gasteiger partial charge is 0.493 e. The van der Waals surface area contributed by atoms with Crippen molar-refractivity contribution in [3.05, 3.63) is 69.9 Å². The van der Waals surface area contributed by atoms with Crippen LogP contribution >= 0.6 is 11.3 Å². The van der Waals surface area contributed by atoms with Gasteiger partial charge in [-0.3, -0.25) is 9.59 Å². The summed E-state index contributed by atoms with van der Waals surface area (Å²) in [4.78, 5) is 39.9. The number of benzene rings is 3. The first-order valence-corrected chi connectivity index (χ1v) is 13.4. The van der Waals surface area contributed by atoms with Gasteiger partial charge in [0, 0.05) is 16.8 Å². The summed E-state index contributed by atoms with van der Waals surface area (Å²) in [5.74, 6) is -2.95.